The number of hydrazine groups is 1. The van der Waals surface area contributed by atoms with Crippen molar-refractivity contribution in [2.45, 2.75) is 6.61 Å². The highest BCUT2D eigenvalue weighted by Gasteiger charge is 2.16. The van der Waals surface area contributed by atoms with Gasteiger partial charge in [-0.3, -0.25) is 30.6 Å². The van der Waals surface area contributed by atoms with Crippen LogP contribution in [-0.2, 0) is 11.4 Å². The molecule has 0 atom stereocenters. The van der Waals surface area contributed by atoms with Gasteiger partial charge in [0.2, 0.25) is 0 Å². The van der Waals surface area contributed by atoms with Gasteiger partial charge in [0.25, 0.3) is 11.8 Å². The molecule has 2 N–H and O–H groups in total. The lowest BCUT2D eigenvalue weighted by Gasteiger charge is -2.12. The first-order chi connectivity index (χ1) is 15.5. The molecule has 0 spiro atoms. The van der Waals surface area contributed by atoms with Crippen LogP contribution >= 0.6 is 11.3 Å². The largest absolute Gasteiger partial charge is 0.493 e. The topological polar surface area (TPSA) is 142 Å². The van der Waals surface area contributed by atoms with Crippen molar-refractivity contribution in [2.75, 3.05) is 13.7 Å². The third-order valence-corrected chi connectivity index (χ3v) is 4.66. The fraction of sp³-hybridized carbons (Fsp3) is 0.150. The summed E-state index contributed by atoms with van der Waals surface area (Å²) < 4.78 is 16.1. The van der Waals surface area contributed by atoms with Gasteiger partial charge in [-0.05, 0) is 24.3 Å². The Morgan fingerprint density at radius 3 is 2.62 bits per heavy atom. The summed E-state index contributed by atoms with van der Waals surface area (Å²) in [5.74, 6) is -0.602. The maximum Gasteiger partial charge on any atom is 0.310 e. The molecule has 3 rings (SSSR count). The van der Waals surface area contributed by atoms with Gasteiger partial charge in [0.1, 0.15) is 6.61 Å². The predicted molar refractivity (Wildman–Crippen MR) is 114 cm³/mol. The highest BCUT2D eigenvalue weighted by molar-refractivity contribution is 7.07. The highest BCUT2D eigenvalue weighted by atomic mass is 32.1. The Balaban J connectivity index is 1.52. The van der Waals surface area contributed by atoms with Crippen molar-refractivity contribution < 1.29 is 28.7 Å². The lowest BCUT2D eigenvalue weighted by molar-refractivity contribution is -0.385. The number of amides is 2. The maximum absolute atomic E-state index is 12.3. The number of methoxy groups -OCH3 is 1. The number of nitro benzene ring substituents is 1. The standard InChI is InChI=1S/C20H18N4O7S/c1-29-18-8-13(6-7-17(18)30-9-14-11-32-12-21-14)20(26)23-22-19(25)10-31-16-5-3-2-4-15(16)24(27)28/h2-8,11-12H,9-10H2,1H3,(H,22,25)(H,23,26). The average Bonchev–Trinajstić information content (AvgIpc) is 3.33. The Hall–Kier alpha value is -4.19. The van der Waals surface area contributed by atoms with Gasteiger partial charge in [0.15, 0.2) is 23.9 Å². The quantitative estimate of drug-likeness (QED) is 0.368. The smallest absolute Gasteiger partial charge is 0.310 e. The van der Waals surface area contributed by atoms with Crippen LogP contribution in [0.1, 0.15) is 16.1 Å². The Bertz CT molecular complexity index is 1110. The molecule has 1 heterocycles. The molecule has 3 aromatic rings. The molecule has 1 aromatic heterocycles. The van der Waals surface area contributed by atoms with Gasteiger partial charge in [0.05, 0.1) is 23.2 Å². The maximum atomic E-state index is 12.3. The summed E-state index contributed by atoms with van der Waals surface area (Å²) in [5.41, 5.74) is 6.83. The number of nitrogens with zero attached hydrogens (tertiary/aromatic N) is 2. The molecule has 32 heavy (non-hydrogen) atoms. The number of rotatable bonds is 9. The van der Waals surface area contributed by atoms with Gasteiger partial charge in [-0.15, -0.1) is 11.3 Å². The first kappa shape index (κ1) is 22.5. The van der Waals surface area contributed by atoms with Crippen molar-refractivity contribution >= 4 is 28.8 Å². The van der Waals surface area contributed by atoms with E-state index in [4.69, 9.17) is 14.2 Å². The summed E-state index contributed by atoms with van der Waals surface area (Å²) in [4.78, 5) is 38.7. The van der Waals surface area contributed by atoms with E-state index in [0.29, 0.717) is 11.5 Å². The van der Waals surface area contributed by atoms with Crippen LogP contribution in [0.2, 0.25) is 0 Å². The minimum Gasteiger partial charge on any atom is -0.493 e. The molecule has 2 amide bonds. The molecule has 0 saturated heterocycles. The molecular weight excluding hydrogens is 440 g/mol. The number of para-hydroxylation sites is 2. The Morgan fingerprint density at radius 1 is 1.09 bits per heavy atom. The second kappa shape index (κ2) is 10.7. The number of carbonyl (C=O) groups excluding carboxylic acids is 2. The normalized spacial score (nSPS) is 10.2. The zero-order valence-corrected chi connectivity index (χ0v) is 17.6. The van der Waals surface area contributed by atoms with Gasteiger partial charge in [0, 0.05) is 17.0 Å². The lowest BCUT2D eigenvalue weighted by Crippen LogP contribution is -2.43. The Labute approximate surface area is 186 Å². The fourth-order valence-electron chi connectivity index (χ4n) is 2.50. The third-order valence-electron chi connectivity index (χ3n) is 4.02. The van der Waals surface area contributed by atoms with Crippen molar-refractivity contribution in [1.82, 2.24) is 15.8 Å². The van der Waals surface area contributed by atoms with Crippen LogP contribution in [0, 0.1) is 10.1 Å². The molecule has 0 radical (unpaired) electrons. The molecule has 0 bridgehead atoms. The number of ether oxygens (including phenoxy) is 3. The average molecular weight is 458 g/mol. The van der Waals surface area contributed by atoms with E-state index in [1.54, 1.807) is 17.6 Å². The van der Waals surface area contributed by atoms with Crippen LogP contribution in [0.4, 0.5) is 5.69 Å². The molecular formula is C20H18N4O7S. The summed E-state index contributed by atoms with van der Waals surface area (Å²) in [6.07, 6.45) is 0. The van der Waals surface area contributed by atoms with Crippen molar-refractivity contribution in [3.63, 3.8) is 0 Å². The molecule has 0 aliphatic carbocycles. The molecule has 0 aliphatic rings. The summed E-state index contributed by atoms with van der Waals surface area (Å²) in [6, 6.07) is 10.2. The predicted octanol–water partition coefficient (Wildman–Crippen LogP) is 2.48. The van der Waals surface area contributed by atoms with Crippen LogP contribution in [0.5, 0.6) is 17.2 Å². The number of aromatic nitrogens is 1. The van der Waals surface area contributed by atoms with Crippen molar-refractivity contribution in [3.8, 4) is 17.2 Å². The molecule has 166 valence electrons. The van der Waals surface area contributed by atoms with E-state index < -0.39 is 23.3 Å². The number of benzene rings is 2. The summed E-state index contributed by atoms with van der Waals surface area (Å²) in [7, 11) is 1.44. The first-order valence-electron chi connectivity index (χ1n) is 9.11. The zero-order valence-electron chi connectivity index (χ0n) is 16.8. The zero-order chi connectivity index (χ0) is 22.9. The minimum atomic E-state index is -0.702. The third kappa shape index (κ3) is 5.92. The molecule has 0 saturated carbocycles. The van der Waals surface area contributed by atoms with E-state index in [0.717, 1.165) is 5.69 Å². The van der Waals surface area contributed by atoms with Gasteiger partial charge in [-0.2, -0.15) is 0 Å². The summed E-state index contributed by atoms with van der Waals surface area (Å²) in [5, 5.41) is 12.8. The summed E-state index contributed by atoms with van der Waals surface area (Å²) in [6.45, 7) is -0.279. The van der Waals surface area contributed by atoms with Crippen LogP contribution in [0.15, 0.2) is 53.4 Å². The van der Waals surface area contributed by atoms with Crippen molar-refractivity contribution in [1.29, 1.82) is 0 Å². The van der Waals surface area contributed by atoms with Gasteiger partial charge < -0.3 is 14.2 Å². The van der Waals surface area contributed by atoms with Crippen LogP contribution in [0.25, 0.3) is 0 Å². The number of carbonyl (C=O) groups is 2. The van der Waals surface area contributed by atoms with E-state index in [1.165, 1.54) is 48.8 Å². The van der Waals surface area contributed by atoms with Crippen LogP contribution in [-0.4, -0.2) is 35.4 Å². The van der Waals surface area contributed by atoms with Crippen LogP contribution in [0.3, 0.4) is 0 Å². The van der Waals surface area contributed by atoms with Gasteiger partial charge in [-0.1, -0.05) is 12.1 Å². The lowest BCUT2D eigenvalue weighted by atomic mass is 10.2. The number of hydrogen-bond acceptors (Lipinski definition) is 9. The number of hydrogen-bond donors (Lipinski definition) is 2. The molecule has 0 unspecified atom stereocenters. The van der Waals surface area contributed by atoms with Crippen molar-refractivity contribution in [3.05, 3.63) is 74.7 Å². The first-order valence-corrected chi connectivity index (χ1v) is 10.1. The second-order valence-electron chi connectivity index (χ2n) is 6.15. The SMILES string of the molecule is COc1cc(C(=O)NNC(=O)COc2ccccc2[N+](=O)[O-])ccc1OCc1cscn1. The Kier molecular flexibility index (Phi) is 7.54. The van der Waals surface area contributed by atoms with E-state index in [2.05, 4.69) is 15.8 Å². The van der Waals surface area contributed by atoms with Gasteiger partial charge >= 0.3 is 5.69 Å². The van der Waals surface area contributed by atoms with E-state index >= 15 is 0 Å². The molecule has 0 fully saturated rings. The van der Waals surface area contributed by atoms with Crippen LogP contribution < -0.4 is 25.1 Å². The van der Waals surface area contributed by atoms with E-state index in [9.17, 15) is 19.7 Å². The van der Waals surface area contributed by atoms with Gasteiger partial charge in [-0.25, -0.2) is 4.98 Å². The second-order valence-corrected chi connectivity index (χ2v) is 6.87. The molecule has 0 aliphatic heterocycles. The monoisotopic (exact) mass is 458 g/mol. The van der Waals surface area contributed by atoms with E-state index in [-0.39, 0.29) is 23.6 Å². The molecule has 11 nitrogen and oxygen atoms in total. The minimum absolute atomic E-state index is 0.0584. The van der Waals surface area contributed by atoms with Crippen molar-refractivity contribution in [2.24, 2.45) is 0 Å². The van der Waals surface area contributed by atoms with E-state index in [1.807, 2.05) is 5.38 Å². The molecule has 2 aromatic carbocycles. The Morgan fingerprint density at radius 2 is 1.91 bits per heavy atom. The number of nitro groups is 1. The number of nitrogens with one attached hydrogen (secondary N) is 2. The molecule has 12 heteroatoms. The fourth-order valence-corrected chi connectivity index (χ4v) is 3.04. The highest BCUT2D eigenvalue weighted by Crippen LogP contribution is 2.29. The summed E-state index contributed by atoms with van der Waals surface area (Å²) >= 11 is 1.45. The number of thiazole rings is 1.